The molecule has 0 fully saturated rings. The summed E-state index contributed by atoms with van der Waals surface area (Å²) in [5, 5.41) is 9.62. The first-order chi connectivity index (χ1) is 6.24. The highest BCUT2D eigenvalue weighted by molar-refractivity contribution is 5.47. The number of aromatic hydroxyl groups is 1. The first kappa shape index (κ1) is 8.57. The van der Waals surface area contributed by atoms with Crippen LogP contribution in [0.4, 0.5) is 0 Å². The summed E-state index contributed by atoms with van der Waals surface area (Å²) in [7, 11) is 0. The third-order valence-corrected chi connectivity index (χ3v) is 2.90. The second-order valence-corrected chi connectivity index (χ2v) is 3.63. The Balaban J connectivity index is 2.57. The molecule has 2 heteroatoms. The molecule has 13 heavy (non-hydrogen) atoms. The van der Waals surface area contributed by atoms with E-state index in [1.165, 1.54) is 11.1 Å². The summed E-state index contributed by atoms with van der Waals surface area (Å²) < 4.78 is 0. The van der Waals surface area contributed by atoms with Crippen LogP contribution in [0.25, 0.3) is 0 Å². The topological polar surface area (TPSA) is 46.2 Å². The van der Waals surface area contributed by atoms with Gasteiger partial charge in [-0.3, -0.25) is 0 Å². The van der Waals surface area contributed by atoms with Crippen LogP contribution < -0.4 is 5.73 Å². The Labute approximate surface area is 78.4 Å². The van der Waals surface area contributed by atoms with Crippen LogP contribution in [-0.2, 0) is 12.8 Å². The van der Waals surface area contributed by atoms with Crippen molar-refractivity contribution < 1.29 is 5.11 Å². The molecular formula is C11H15NO. The van der Waals surface area contributed by atoms with Gasteiger partial charge in [-0.15, -0.1) is 0 Å². The molecule has 2 rings (SSSR count). The maximum atomic E-state index is 9.62. The smallest absolute Gasteiger partial charge is 0.119 e. The molecule has 1 unspecified atom stereocenters. The van der Waals surface area contributed by atoms with Gasteiger partial charge in [-0.1, -0.05) is 13.0 Å². The molecule has 0 aliphatic heterocycles. The van der Waals surface area contributed by atoms with Crippen molar-refractivity contribution in [2.45, 2.75) is 32.2 Å². The number of hydrogen-bond acceptors (Lipinski definition) is 2. The van der Waals surface area contributed by atoms with Gasteiger partial charge in [0.2, 0.25) is 0 Å². The molecule has 0 radical (unpaired) electrons. The predicted octanol–water partition coefficient (Wildman–Crippen LogP) is 1.90. The summed E-state index contributed by atoms with van der Waals surface area (Å²) >= 11 is 0. The number of fused-ring (bicyclic) bond motifs is 1. The number of nitrogens with two attached hydrogens (primary N) is 1. The van der Waals surface area contributed by atoms with Crippen molar-refractivity contribution in [2.75, 3.05) is 0 Å². The van der Waals surface area contributed by atoms with Crippen molar-refractivity contribution >= 4 is 0 Å². The minimum Gasteiger partial charge on any atom is -0.508 e. The van der Waals surface area contributed by atoms with E-state index in [9.17, 15) is 5.11 Å². The lowest BCUT2D eigenvalue weighted by Crippen LogP contribution is -2.05. The second kappa shape index (κ2) is 3.04. The van der Waals surface area contributed by atoms with Gasteiger partial charge in [-0.05, 0) is 42.0 Å². The van der Waals surface area contributed by atoms with Gasteiger partial charge in [0, 0.05) is 6.04 Å². The molecular weight excluding hydrogens is 162 g/mol. The quantitative estimate of drug-likeness (QED) is 0.688. The fraction of sp³-hybridized carbons (Fsp3) is 0.455. The van der Waals surface area contributed by atoms with Gasteiger partial charge in [0.25, 0.3) is 0 Å². The molecule has 1 aromatic carbocycles. The van der Waals surface area contributed by atoms with Crippen molar-refractivity contribution in [1.29, 1.82) is 0 Å². The van der Waals surface area contributed by atoms with E-state index in [1.54, 1.807) is 6.07 Å². The van der Waals surface area contributed by atoms with Crippen LogP contribution in [0.3, 0.4) is 0 Å². The zero-order valence-electron chi connectivity index (χ0n) is 7.88. The Bertz CT molecular complexity index is 333. The Morgan fingerprint density at radius 2 is 2.31 bits per heavy atom. The van der Waals surface area contributed by atoms with Crippen molar-refractivity contribution in [3.05, 3.63) is 28.8 Å². The van der Waals surface area contributed by atoms with Gasteiger partial charge < -0.3 is 10.8 Å². The molecule has 3 N–H and O–H groups in total. The molecule has 0 amide bonds. The second-order valence-electron chi connectivity index (χ2n) is 3.63. The molecule has 1 aliphatic rings. The lowest BCUT2D eigenvalue weighted by Gasteiger charge is -2.09. The lowest BCUT2D eigenvalue weighted by atomic mass is 10.00. The Kier molecular flexibility index (Phi) is 2.00. The predicted molar refractivity (Wildman–Crippen MR) is 52.7 cm³/mol. The van der Waals surface area contributed by atoms with Crippen LogP contribution in [0.1, 0.15) is 36.1 Å². The molecule has 0 spiro atoms. The van der Waals surface area contributed by atoms with Gasteiger partial charge in [-0.2, -0.15) is 0 Å². The monoisotopic (exact) mass is 177 g/mol. The zero-order valence-corrected chi connectivity index (χ0v) is 7.88. The van der Waals surface area contributed by atoms with E-state index < -0.39 is 0 Å². The van der Waals surface area contributed by atoms with Crippen molar-refractivity contribution in [3.63, 3.8) is 0 Å². The molecule has 1 aliphatic carbocycles. The van der Waals surface area contributed by atoms with Crippen LogP contribution >= 0.6 is 0 Å². The van der Waals surface area contributed by atoms with Crippen LogP contribution in [0.5, 0.6) is 5.75 Å². The minimum atomic E-state index is 0.181. The van der Waals surface area contributed by atoms with Crippen LogP contribution in [0.2, 0.25) is 0 Å². The van der Waals surface area contributed by atoms with E-state index in [2.05, 4.69) is 6.92 Å². The lowest BCUT2D eigenvalue weighted by molar-refractivity contribution is 0.468. The molecule has 0 aromatic heterocycles. The molecule has 0 saturated heterocycles. The summed E-state index contributed by atoms with van der Waals surface area (Å²) in [6, 6.07) is 3.91. The number of phenolic OH excluding ortho intramolecular Hbond substituents is 1. The normalized spacial score (nSPS) is 20.3. The summed E-state index contributed by atoms with van der Waals surface area (Å²) in [6.45, 7) is 2.07. The third kappa shape index (κ3) is 1.22. The summed E-state index contributed by atoms with van der Waals surface area (Å²) in [5.74, 6) is 0.426. The van der Waals surface area contributed by atoms with E-state index in [0.29, 0.717) is 5.75 Å². The molecule has 1 atom stereocenters. The van der Waals surface area contributed by atoms with Crippen LogP contribution in [-0.4, -0.2) is 5.11 Å². The number of rotatable bonds is 1. The number of hydrogen-bond donors (Lipinski definition) is 2. The first-order valence-corrected chi connectivity index (χ1v) is 4.83. The zero-order chi connectivity index (χ0) is 9.42. The van der Waals surface area contributed by atoms with Gasteiger partial charge in [0.1, 0.15) is 5.75 Å². The highest BCUT2D eigenvalue weighted by atomic mass is 16.3. The standard InChI is InChI=1S/C11H15NO/c1-2-7-8-3-5-10(12)9(8)4-6-11(7)13/h4,6,10,13H,2-3,5,12H2,1H3. The fourth-order valence-electron chi connectivity index (χ4n) is 2.19. The van der Waals surface area contributed by atoms with Crippen LogP contribution in [0.15, 0.2) is 12.1 Å². The van der Waals surface area contributed by atoms with Crippen molar-refractivity contribution in [3.8, 4) is 5.75 Å². The largest absolute Gasteiger partial charge is 0.508 e. The maximum absolute atomic E-state index is 9.62. The maximum Gasteiger partial charge on any atom is 0.119 e. The van der Waals surface area contributed by atoms with E-state index in [0.717, 1.165) is 24.8 Å². The van der Waals surface area contributed by atoms with Gasteiger partial charge in [-0.25, -0.2) is 0 Å². The van der Waals surface area contributed by atoms with Gasteiger partial charge in [0.05, 0.1) is 0 Å². The fourth-order valence-corrected chi connectivity index (χ4v) is 2.19. The average Bonchev–Trinajstić information content (AvgIpc) is 2.48. The van der Waals surface area contributed by atoms with E-state index >= 15 is 0 Å². The number of benzene rings is 1. The summed E-state index contributed by atoms with van der Waals surface area (Å²) in [5.41, 5.74) is 9.54. The van der Waals surface area contributed by atoms with Crippen molar-refractivity contribution in [1.82, 2.24) is 0 Å². The van der Waals surface area contributed by atoms with E-state index in [-0.39, 0.29) is 6.04 Å². The Morgan fingerprint density at radius 3 is 3.00 bits per heavy atom. The Morgan fingerprint density at radius 1 is 1.54 bits per heavy atom. The Hall–Kier alpha value is -1.02. The summed E-state index contributed by atoms with van der Waals surface area (Å²) in [4.78, 5) is 0. The molecule has 0 heterocycles. The van der Waals surface area contributed by atoms with Gasteiger partial charge in [0.15, 0.2) is 0 Å². The number of phenols is 1. The van der Waals surface area contributed by atoms with Crippen molar-refractivity contribution in [2.24, 2.45) is 5.73 Å². The van der Waals surface area contributed by atoms with E-state index in [4.69, 9.17) is 5.73 Å². The highest BCUT2D eigenvalue weighted by Gasteiger charge is 2.22. The first-order valence-electron chi connectivity index (χ1n) is 4.83. The molecule has 70 valence electrons. The van der Waals surface area contributed by atoms with E-state index in [1.807, 2.05) is 6.07 Å². The summed E-state index contributed by atoms with van der Waals surface area (Å²) in [6.07, 6.45) is 2.93. The molecule has 2 nitrogen and oxygen atoms in total. The molecule has 0 saturated carbocycles. The SMILES string of the molecule is CCc1c(O)ccc2c1CCC2N. The molecule has 0 bridgehead atoms. The molecule has 1 aromatic rings. The van der Waals surface area contributed by atoms with Crippen LogP contribution in [0, 0.1) is 0 Å². The highest BCUT2D eigenvalue weighted by Crippen LogP contribution is 2.35. The minimum absolute atomic E-state index is 0.181. The average molecular weight is 177 g/mol. The third-order valence-electron chi connectivity index (χ3n) is 2.90. The van der Waals surface area contributed by atoms with Gasteiger partial charge >= 0.3 is 0 Å².